The highest BCUT2D eigenvalue weighted by atomic mass is 16.5. The van der Waals surface area contributed by atoms with E-state index in [1.807, 2.05) is 14.0 Å². The number of piperidine rings is 1. The molecule has 1 unspecified atom stereocenters. The van der Waals surface area contributed by atoms with Gasteiger partial charge in [-0.3, -0.25) is 9.79 Å². The fourth-order valence-electron chi connectivity index (χ4n) is 4.27. The van der Waals surface area contributed by atoms with Gasteiger partial charge in [-0.15, -0.1) is 0 Å². The van der Waals surface area contributed by atoms with E-state index in [1.165, 1.54) is 32.1 Å². The Morgan fingerprint density at radius 1 is 1.30 bits per heavy atom. The molecule has 1 aliphatic heterocycles. The van der Waals surface area contributed by atoms with Crippen LogP contribution >= 0.6 is 0 Å². The van der Waals surface area contributed by atoms with Gasteiger partial charge in [0.25, 0.3) is 0 Å². The van der Waals surface area contributed by atoms with E-state index in [0.717, 1.165) is 44.4 Å². The summed E-state index contributed by atoms with van der Waals surface area (Å²) in [6.07, 6.45) is 8.89. The highest BCUT2D eigenvalue weighted by Crippen LogP contribution is 2.56. The van der Waals surface area contributed by atoms with E-state index in [4.69, 9.17) is 4.74 Å². The molecule has 3 fully saturated rings. The summed E-state index contributed by atoms with van der Waals surface area (Å²) in [5.41, 5.74) is 0.534. The maximum absolute atomic E-state index is 12.0. The molecule has 3 rings (SSSR count). The van der Waals surface area contributed by atoms with Crippen LogP contribution in [0.5, 0.6) is 0 Å². The van der Waals surface area contributed by atoms with Gasteiger partial charge in [0.15, 0.2) is 5.96 Å². The third-order valence-corrected chi connectivity index (χ3v) is 5.94. The van der Waals surface area contributed by atoms with Gasteiger partial charge in [0.2, 0.25) is 0 Å². The molecule has 0 bridgehead atoms. The summed E-state index contributed by atoms with van der Waals surface area (Å²) in [6, 6.07) is 0. The number of ether oxygens (including phenoxy) is 1. The molecule has 1 atom stereocenters. The van der Waals surface area contributed by atoms with E-state index in [0.29, 0.717) is 12.0 Å². The number of nitrogens with one attached hydrogen (secondary N) is 1. The standard InChI is InChI=1S/C18H31N3O2/c1-3-23-16(22)14-6-4-11-21(12-14)17(19-2)20-13-18(9-5-10-18)15-7-8-15/h14-15H,3-13H2,1-2H3,(H,19,20). The number of nitrogens with zero attached hydrogens (tertiary/aromatic N) is 2. The lowest BCUT2D eigenvalue weighted by atomic mass is 9.65. The second-order valence-corrected chi connectivity index (χ2v) is 7.43. The Kier molecular flexibility index (Phi) is 5.12. The van der Waals surface area contributed by atoms with Gasteiger partial charge < -0.3 is 15.0 Å². The van der Waals surface area contributed by atoms with Crippen molar-refractivity contribution in [3.05, 3.63) is 0 Å². The van der Waals surface area contributed by atoms with Gasteiger partial charge in [-0.05, 0) is 56.8 Å². The van der Waals surface area contributed by atoms with Crippen LogP contribution in [0.25, 0.3) is 0 Å². The molecule has 3 aliphatic rings. The summed E-state index contributed by atoms with van der Waals surface area (Å²) < 4.78 is 5.20. The molecule has 1 N–H and O–H groups in total. The number of aliphatic imine (C=N–C) groups is 1. The number of carbonyl (C=O) groups excluding carboxylic acids is 1. The molecule has 1 saturated heterocycles. The Morgan fingerprint density at radius 3 is 2.65 bits per heavy atom. The molecule has 0 aromatic rings. The molecule has 2 aliphatic carbocycles. The fraction of sp³-hybridized carbons (Fsp3) is 0.889. The number of hydrogen-bond acceptors (Lipinski definition) is 3. The topological polar surface area (TPSA) is 53.9 Å². The summed E-state index contributed by atoms with van der Waals surface area (Å²) in [5.74, 6) is 1.84. The highest BCUT2D eigenvalue weighted by molar-refractivity contribution is 5.81. The van der Waals surface area contributed by atoms with Crippen molar-refractivity contribution in [2.45, 2.75) is 51.9 Å². The lowest BCUT2D eigenvalue weighted by molar-refractivity contribution is -0.149. The maximum Gasteiger partial charge on any atom is 0.310 e. The molecular formula is C18H31N3O2. The lowest BCUT2D eigenvalue weighted by Gasteiger charge is -2.44. The number of hydrogen-bond donors (Lipinski definition) is 1. The number of esters is 1. The van der Waals surface area contributed by atoms with Crippen LogP contribution in [0.1, 0.15) is 51.9 Å². The lowest BCUT2D eigenvalue weighted by Crippen LogP contribution is -2.52. The van der Waals surface area contributed by atoms with Crippen molar-refractivity contribution in [2.75, 3.05) is 33.3 Å². The van der Waals surface area contributed by atoms with Gasteiger partial charge in [0.1, 0.15) is 0 Å². The van der Waals surface area contributed by atoms with E-state index in [-0.39, 0.29) is 11.9 Å². The van der Waals surface area contributed by atoms with Crippen LogP contribution < -0.4 is 5.32 Å². The normalized spacial score (nSPS) is 27.3. The zero-order chi connectivity index (χ0) is 16.3. The predicted molar refractivity (Wildman–Crippen MR) is 91.3 cm³/mol. The van der Waals surface area contributed by atoms with E-state index in [1.54, 1.807) is 0 Å². The zero-order valence-corrected chi connectivity index (χ0v) is 14.6. The molecule has 0 amide bonds. The van der Waals surface area contributed by atoms with Crippen LogP contribution in [0.15, 0.2) is 4.99 Å². The van der Waals surface area contributed by atoms with Crippen molar-refractivity contribution < 1.29 is 9.53 Å². The average Bonchev–Trinajstić information content (AvgIpc) is 3.35. The van der Waals surface area contributed by atoms with Crippen LogP contribution in [0, 0.1) is 17.3 Å². The predicted octanol–water partition coefficient (Wildman–Crippen LogP) is 2.42. The van der Waals surface area contributed by atoms with Crippen LogP contribution in [0.3, 0.4) is 0 Å². The molecular weight excluding hydrogens is 290 g/mol. The van der Waals surface area contributed by atoms with Crippen LogP contribution in [-0.4, -0.2) is 50.1 Å². The average molecular weight is 321 g/mol. The minimum Gasteiger partial charge on any atom is -0.466 e. The minimum atomic E-state index is -0.0545. The Bertz CT molecular complexity index is 455. The first-order valence-electron chi connectivity index (χ1n) is 9.31. The van der Waals surface area contributed by atoms with Crippen LogP contribution in [0.4, 0.5) is 0 Å². The minimum absolute atomic E-state index is 0.0108. The van der Waals surface area contributed by atoms with Crippen LogP contribution in [-0.2, 0) is 9.53 Å². The SMILES string of the molecule is CCOC(=O)C1CCCN(C(=NC)NCC2(C3CC3)CCC2)C1. The van der Waals surface area contributed by atoms with Crippen molar-refractivity contribution in [3.63, 3.8) is 0 Å². The third kappa shape index (κ3) is 3.64. The quantitative estimate of drug-likeness (QED) is 0.480. The van der Waals surface area contributed by atoms with Crippen molar-refractivity contribution in [3.8, 4) is 0 Å². The monoisotopic (exact) mass is 321 g/mol. The van der Waals surface area contributed by atoms with Gasteiger partial charge in [-0.2, -0.15) is 0 Å². The molecule has 0 radical (unpaired) electrons. The molecule has 0 aromatic carbocycles. The van der Waals surface area contributed by atoms with E-state index < -0.39 is 0 Å². The first-order chi connectivity index (χ1) is 11.2. The number of guanidine groups is 1. The Labute approximate surface area is 139 Å². The summed E-state index contributed by atoms with van der Waals surface area (Å²) in [6.45, 7) is 5.09. The van der Waals surface area contributed by atoms with Gasteiger partial charge >= 0.3 is 5.97 Å². The van der Waals surface area contributed by atoms with Gasteiger partial charge in [0, 0.05) is 26.7 Å². The van der Waals surface area contributed by atoms with Crippen LogP contribution in [0.2, 0.25) is 0 Å². The van der Waals surface area contributed by atoms with Gasteiger partial charge in [0.05, 0.1) is 12.5 Å². The van der Waals surface area contributed by atoms with Crippen molar-refractivity contribution in [1.82, 2.24) is 10.2 Å². The molecule has 0 spiro atoms. The van der Waals surface area contributed by atoms with Gasteiger partial charge in [-0.1, -0.05) is 6.42 Å². The molecule has 23 heavy (non-hydrogen) atoms. The number of rotatable bonds is 5. The van der Waals surface area contributed by atoms with E-state index in [2.05, 4.69) is 15.2 Å². The summed E-state index contributed by atoms with van der Waals surface area (Å²) in [4.78, 5) is 18.7. The van der Waals surface area contributed by atoms with E-state index >= 15 is 0 Å². The van der Waals surface area contributed by atoms with Crippen molar-refractivity contribution >= 4 is 11.9 Å². The zero-order valence-electron chi connectivity index (χ0n) is 14.6. The second-order valence-electron chi connectivity index (χ2n) is 7.43. The first kappa shape index (κ1) is 16.6. The second kappa shape index (κ2) is 7.10. The Balaban J connectivity index is 1.54. The summed E-state index contributed by atoms with van der Waals surface area (Å²) in [7, 11) is 1.85. The Hall–Kier alpha value is -1.26. The first-order valence-corrected chi connectivity index (χ1v) is 9.31. The van der Waals surface area contributed by atoms with E-state index in [9.17, 15) is 4.79 Å². The van der Waals surface area contributed by atoms with Crippen molar-refractivity contribution in [1.29, 1.82) is 0 Å². The molecule has 5 nitrogen and oxygen atoms in total. The fourth-order valence-corrected chi connectivity index (χ4v) is 4.27. The smallest absolute Gasteiger partial charge is 0.310 e. The maximum atomic E-state index is 12.0. The number of likely N-dealkylation sites (tertiary alicyclic amines) is 1. The largest absolute Gasteiger partial charge is 0.466 e. The molecule has 0 aromatic heterocycles. The molecule has 5 heteroatoms. The highest BCUT2D eigenvalue weighted by Gasteiger charge is 2.49. The Morgan fingerprint density at radius 2 is 2.09 bits per heavy atom. The third-order valence-electron chi connectivity index (χ3n) is 5.94. The summed E-state index contributed by atoms with van der Waals surface area (Å²) in [5, 5.41) is 3.62. The molecule has 2 saturated carbocycles. The van der Waals surface area contributed by atoms with Crippen molar-refractivity contribution in [2.24, 2.45) is 22.2 Å². The van der Waals surface area contributed by atoms with Gasteiger partial charge in [-0.25, -0.2) is 0 Å². The summed E-state index contributed by atoms with van der Waals surface area (Å²) >= 11 is 0. The molecule has 130 valence electrons. The molecule has 1 heterocycles. The number of carbonyl (C=O) groups is 1.